The van der Waals surface area contributed by atoms with Gasteiger partial charge in [0, 0.05) is 44.1 Å². The largest absolute Gasteiger partial charge is 0.444 e. The summed E-state index contributed by atoms with van der Waals surface area (Å²) < 4.78 is 5.48. The van der Waals surface area contributed by atoms with Crippen molar-refractivity contribution in [3.8, 4) is 0 Å². The van der Waals surface area contributed by atoms with E-state index in [1.807, 2.05) is 34.0 Å². The number of carbonyl (C=O) groups excluding carboxylic acids is 1. The second-order valence-electron chi connectivity index (χ2n) is 7.31. The first-order valence-corrected chi connectivity index (χ1v) is 8.27. The van der Waals surface area contributed by atoms with Gasteiger partial charge in [0.25, 0.3) is 0 Å². The predicted octanol–water partition coefficient (Wildman–Crippen LogP) is 2.50. The van der Waals surface area contributed by atoms with Crippen molar-refractivity contribution in [2.24, 2.45) is 0 Å². The molecule has 0 radical (unpaired) electrons. The van der Waals surface area contributed by atoms with Gasteiger partial charge in [-0.2, -0.15) is 0 Å². The lowest BCUT2D eigenvalue weighted by atomic mass is 10.1. The van der Waals surface area contributed by atoms with Crippen LogP contribution < -0.4 is 10.2 Å². The van der Waals surface area contributed by atoms with Crippen LogP contribution in [-0.4, -0.2) is 54.3 Å². The van der Waals surface area contributed by atoms with Gasteiger partial charge in [-0.1, -0.05) is 0 Å². The molecule has 6 heteroatoms. The molecule has 2 aliphatic heterocycles. The number of nitrogens with zero attached hydrogens (tertiary/aromatic N) is 3. The van der Waals surface area contributed by atoms with E-state index >= 15 is 0 Å². The van der Waals surface area contributed by atoms with Crippen molar-refractivity contribution in [2.45, 2.75) is 45.3 Å². The summed E-state index contributed by atoms with van der Waals surface area (Å²) in [5, 5.41) is 3.32. The minimum Gasteiger partial charge on any atom is -0.444 e. The van der Waals surface area contributed by atoms with Crippen molar-refractivity contribution < 1.29 is 9.53 Å². The highest BCUT2D eigenvalue weighted by atomic mass is 16.6. The highest BCUT2D eigenvalue weighted by molar-refractivity contribution is 5.69. The third-order valence-corrected chi connectivity index (χ3v) is 4.43. The number of nitrogens with one attached hydrogen (secondary N) is 1. The molecule has 0 spiro atoms. The van der Waals surface area contributed by atoms with Crippen molar-refractivity contribution in [1.29, 1.82) is 0 Å². The molecule has 0 aliphatic carbocycles. The van der Waals surface area contributed by atoms with E-state index in [0.29, 0.717) is 0 Å². The molecule has 1 aromatic heterocycles. The summed E-state index contributed by atoms with van der Waals surface area (Å²) in [6, 6.07) is 2.27. The lowest BCUT2D eigenvalue weighted by Crippen LogP contribution is -2.42. The average molecular weight is 318 g/mol. The van der Waals surface area contributed by atoms with Crippen LogP contribution in [0.2, 0.25) is 0 Å². The molecule has 1 atom stereocenters. The summed E-state index contributed by atoms with van der Waals surface area (Å²) in [5.41, 5.74) is 2.09. The highest BCUT2D eigenvalue weighted by Crippen LogP contribution is 2.32. The number of hydrogen-bond donors (Lipinski definition) is 1. The molecule has 1 aromatic rings. The minimum atomic E-state index is -0.457. The van der Waals surface area contributed by atoms with Crippen LogP contribution in [0.1, 0.15) is 32.8 Å². The summed E-state index contributed by atoms with van der Waals surface area (Å²) >= 11 is 0. The van der Waals surface area contributed by atoms with Crippen LogP contribution in [0.3, 0.4) is 0 Å². The predicted molar refractivity (Wildman–Crippen MR) is 91.0 cm³/mol. The van der Waals surface area contributed by atoms with Crippen LogP contribution in [0.25, 0.3) is 0 Å². The first kappa shape index (κ1) is 15.9. The first-order chi connectivity index (χ1) is 10.8. The quantitative estimate of drug-likeness (QED) is 0.908. The monoisotopic (exact) mass is 318 g/mol. The molecular weight excluding hydrogens is 292 g/mol. The summed E-state index contributed by atoms with van der Waals surface area (Å²) in [7, 11) is 1.83. The number of hydrogen-bond acceptors (Lipinski definition) is 5. The maximum Gasteiger partial charge on any atom is 0.410 e. The number of likely N-dealkylation sites (N-methyl/N-ethyl adjacent to an activating group) is 1. The Hall–Kier alpha value is -1.98. The van der Waals surface area contributed by atoms with E-state index in [4.69, 9.17) is 4.74 Å². The number of amides is 1. The molecule has 0 bridgehead atoms. The van der Waals surface area contributed by atoms with Gasteiger partial charge >= 0.3 is 6.09 Å². The normalized spacial score (nSPS) is 20.2. The topological polar surface area (TPSA) is 57.7 Å². The standard InChI is InChI=1S/C17H26N4O2/c1-17(2,3)23-16(22)20(4)12-7-10-21(11-12)14-6-9-19-15-13(14)5-8-18-15/h6,9,12H,5,7-8,10-11H2,1-4H3,(H,18,19)/t12-/m0/s1. The number of carbonyl (C=O) groups is 1. The molecule has 1 saturated heterocycles. The molecule has 0 aromatic carbocycles. The molecule has 1 amide bonds. The van der Waals surface area contributed by atoms with E-state index in [1.54, 1.807) is 4.90 Å². The van der Waals surface area contributed by atoms with E-state index in [-0.39, 0.29) is 12.1 Å². The molecule has 1 N–H and O–H groups in total. The lowest BCUT2D eigenvalue weighted by molar-refractivity contribution is 0.0238. The maximum atomic E-state index is 12.2. The maximum absolute atomic E-state index is 12.2. The van der Waals surface area contributed by atoms with Crippen molar-refractivity contribution in [3.05, 3.63) is 17.8 Å². The van der Waals surface area contributed by atoms with Gasteiger partial charge in [-0.3, -0.25) is 0 Å². The summed E-state index contributed by atoms with van der Waals surface area (Å²) in [6.07, 6.45) is 3.59. The van der Waals surface area contributed by atoms with Crippen molar-refractivity contribution in [3.63, 3.8) is 0 Å². The number of fused-ring (bicyclic) bond motifs is 1. The minimum absolute atomic E-state index is 0.183. The van der Waals surface area contributed by atoms with Crippen molar-refractivity contribution in [2.75, 3.05) is 36.9 Å². The van der Waals surface area contributed by atoms with Crippen LogP contribution in [0.15, 0.2) is 12.3 Å². The second kappa shape index (κ2) is 5.91. The van der Waals surface area contributed by atoms with Gasteiger partial charge < -0.3 is 19.9 Å². The van der Waals surface area contributed by atoms with Gasteiger partial charge in [-0.25, -0.2) is 9.78 Å². The SMILES string of the molecule is CN(C(=O)OC(C)(C)C)[C@H]1CCN(c2ccnc3c2CCN3)C1. The van der Waals surface area contributed by atoms with Gasteiger partial charge in [-0.05, 0) is 39.7 Å². The average Bonchev–Trinajstić information content (AvgIpc) is 3.13. The Morgan fingerprint density at radius 2 is 2.26 bits per heavy atom. The first-order valence-electron chi connectivity index (χ1n) is 8.27. The Bertz CT molecular complexity index is 597. The van der Waals surface area contributed by atoms with Crippen LogP contribution in [0.5, 0.6) is 0 Å². The van der Waals surface area contributed by atoms with Gasteiger partial charge in [0.15, 0.2) is 0 Å². The number of pyridine rings is 1. The fourth-order valence-electron chi connectivity index (χ4n) is 3.24. The van der Waals surface area contributed by atoms with Gasteiger partial charge in [0.2, 0.25) is 0 Å². The molecule has 3 heterocycles. The smallest absolute Gasteiger partial charge is 0.410 e. The van der Waals surface area contributed by atoms with E-state index in [9.17, 15) is 4.79 Å². The number of rotatable bonds is 2. The van der Waals surface area contributed by atoms with Crippen LogP contribution in [0, 0.1) is 0 Å². The summed E-state index contributed by atoms with van der Waals surface area (Å²) in [4.78, 5) is 20.7. The lowest BCUT2D eigenvalue weighted by Gasteiger charge is -2.29. The molecule has 23 heavy (non-hydrogen) atoms. The zero-order chi connectivity index (χ0) is 16.6. The number of aromatic nitrogens is 1. The number of ether oxygens (including phenoxy) is 1. The molecule has 2 aliphatic rings. The number of anilines is 2. The van der Waals surface area contributed by atoms with Crippen LogP contribution in [-0.2, 0) is 11.2 Å². The fraction of sp³-hybridized carbons (Fsp3) is 0.647. The third kappa shape index (κ3) is 3.35. The Morgan fingerprint density at radius 1 is 1.48 bits per heavy atom. The Morgan fingerprint density at radius 3 is 3.00 bits per heavy atom. The zero-order valence-electron chi connectivity index (χ0n) is 14.4. The van der Waals surface area contributed by atoms with Crippen molar-refractivity contribution >= 4 is 17.6 Å². The molecule has 126 valence electrons. The summed E-state index contributed by atoms with van der Waals surface area (Å²) in [5.74, 6) is 1.01. The van der Waals surface area contributed by atoms with E-state index in [2.05, 4.69) is 21.3 Å². The Kier molecular flexibility index (Phi) is 4.08. The highest BCUT2D eigenvalue weighted by Gasteiger charge is 2.32. The fourth-order valence-corrected chi connectivity index (χ4v) is 3.24. The molecule has 3 rings (SSSR count). The van der Waals surface area contributed by atoms with E-state index in [0.717, 1.165) is 38.3 Å². The summed E-state index contributed by atoms with van der Waals surface area (Å²) in [6.45, 7) is 8.43. The van der Waals surface area contributed by atoms with Crippen molar-refractivity contribution in [1.82, 2.24) is 9.88 Å². The van der Waals surface area contributed by atoms with E-state index < -0.39 is 5.60 Å². The molecule has 1 fully saturated rings. The van der Waals surface area contributed by atoms with Gasteiger partial charge in [0.05, 0.1) is 6.04 Å². The van der Waals surface area contributed by atoms with Crippen LogP contribution in [0.4, 0.5) is 16.3 Å². The third-order valence-electron chi connectivity index (χ3n) is 4.43. The molecule has 0 unspecified atom stereocenters. The van der Waals surface area contributed by atoms with Gasteiger partial charge in [0.1, 0.15) is 11.4 Å². The molecule has 0 saturated carbocycles. The second-order valence-corrected chi connectivity index (χ2v) is 7.31. The Labute approximate surface area is 137 Å². The van der Waals surface area contributed by atoms with Gasteiger partial charge in [-0.15, -0.1) is 0 Å². The molecule has 6 nitrogen and oxygen atoms in total. The Balaban J connectivity index is 1.67. The molecular formula is C17H26N4O2. The zero-order valence-corrected chi connectivity index (χ0v) is 14.4. The van der Waals surface area contributed by atoms with E-state index in [1.165, 1.54) is 11.3 Å². The van der Waals surface area contributed by atoms with Crippen LogP contribution >= 0.6 is 0 Å².